The summed E-state index contributed by atoms with van der Waals surface area (Å²) in [6.45, 7) is 1.91. The third kappa shape index (κ3) is 9.78. The monoisotopic (exact) mass is 176 g/mol. The number of amides is 1. The molecule has 0 heterocycles. The van der Waals surface area contributed by atoms with Gasteiger partial charge in [0.25, 0.3) is 0 Å². The Morgan fingerprint density at radius 1 is 1.55 bits per heavy atom. The molecule has 0 aromatic heterocycles. The molecule has 3 N–H and O–H groups in total. The summed E-state index contributed by atoms with van der Waals surface area (Å²) in [5.74, 6) is 0.910. The highest BCUT2D eigenvalue weighted by Gasteiger charge is 1.92. The van der Waals surface area contributed by atoms with Gasteiger partial charge in [0, 0.05) is 18.7 Å². The lowest BCUT2D eigenvalue weighted by Crippen LogP contribution is -2.20. The molecule has 0 saturated heterocycles. The SMILES string of the molecule is CSCCNCCCC(N)=O. The van der Waals surface area contributed by atoms with Crippen LogP contribution in [0.3, 0.4) is 0 Å². The van der Waals surface area contributed by atoms with E-state index < -0.39 is 0 Å². The lowest BCUT2D eigenvalue weighted by molar-refractivity contribution is -0.118. The highest BCUT2D eigenvalue weighted by molar-refractivity contribution is 7.98. The summed E-state index contributed by atoms with van der Waals surface area (Å²) < 4.78 is 0. The van der Waals surface area contributed by atoms with Crippen molar-refractivity contribution in [3.8, 4) is 0 Å². The zero-order chi connectivity index (χ0) is 8.53. The highest BCUT2D eigenvalue weighted by Crippen LogP contribution is 1.88. The van der Waals surface area contributed by atoms with E-state index in [0.717, 1.165) is 25.3 Å². The van der Waals surface area contributed by atoms with Crippen LogP contribution in [0.5, 0.6) is 0 Å². The van der Waals surface area contributed by atoms with Gasteiger partial charge in [0.2, 0.25) is 5.91 Å². The molecule has 0 rings (SSSR count). The Hall–Kier alpha value is -0.220. The summed E-state index contributed by atoms with van der Waals surface area (Å²) in [4.78, 5) is 10.3. The smallest absolute Gasteiger partial charge is 0.217 e. The van der Waals surface area contributed by atoms with E-state index >= 15 is 0 Å². The van der Waals surface area contributed by atoms with Crippen molar-refractivity contribution in [2.24, 2.45) is 5.73 Å². The number of nitrogens with two attached hydrogens (primary N) is 1. The fraction of sp³-hybridized carbons (Fsp3) is 0.857. The Labute approximate surface area is 72.1 Å². The van der Waals surface area contributed by atoms with Gasteiger partial charge in [-0.05, 0) is 19.2 Å². The molecule has 0 aliphatic heterocycles. The molecule has 0 atom stereocenters. The van der Waals surface area contributed by atoms with Crippen LogP contribution in [-0.4, -0.2) is 31.0 Å². The molecule has 0 aromatic rings. The maximum atomic E-state index is 10.3. The van der Waals surface area contributed by atoms with Gasteiger partial charge in [0.1, 0.15) is 0 Å². The molecule has 0 fully saturated rings. The number of nitrogens with one attached hydrogen (secondary N) is 1. The van der Waals surface area contributed by atoms with Crippen molar-refractivity contribution >= 4 is 17.7 Å². The normalized spacial score (nSPS) is 9.91. The standard InChI is InChI=1S/C7H16N2OS/c1-11-6-5-9-4-2-3-7(8)10/h9H,2-6H2,1H3,(H2,8,10). The van der Waals surface area contributed by atoms with Crippen molar-refractivity contribution in [1.82, 2.24) is 5.32 Å². The Bertz CT molecular complexity index is 109. The van der Waals surface area contributed by atoms with Gasteiger partial charge in [0.05, 0.1) is 0 Å². The quantitative estimate of drug-likeness (QED) is 0.545. The predicted octanol–water partition coefficient (Wildman–Crippen LogP) is 0.205. The van der Waals surface area contributed by atoms with Gasteiger partial charge in [0.15, 0.2) is 0 Å². The van der Waals surface area contributed by atoms with Gasteiger partial charge >= 0.3 is 0 Å². The van der Waals surface area contributed by atoms with Crippen LogP contribution in [0.15, 0.2) is 0 Å². The molecule has 66 valence electrons. The molecule has 0 saturated carbocycles. The van der Waals surface area contributed by atoms with Crippen molar-refractivity contribution in [2.45, 2.75) is 12.8 Å². The topological polar surface area (TPSA) is 55.1 Å². The van der Waals surface area contributed by atoms with Crippen LogP contribution in [0.2, 0.25) is 0 Å². The first-order chi connectivity index (χ1) is 5.27. The number of rotatable bonds is 7. The van der Waals surface area contributed by atoms with Gasteiger partial charge in [-0.1, -0.05) is 0 Å². The fourth-order valence-electron chi connectivity index (χ4n) is 0.687. The molecule has 1 amide bonds. The molecule has 0 aromatic carbocycles. The third-order valence-electron chi connectivity index (χ3n) is 1.26. The maximum absolute atomic E-state index is 10.3. The molecule has 11 heavy (non-hydrogen) atoms. The number of carbonyl (C=O) groups is 1. The molecule has 0 aliphatic rings. The number of thioether (sulfide) groups is 1. The van der Waals surface area contributed by atoms with E-state index in [4.69, 9.17) is 5.73 Å². The minimum Gasteiger partial charge on any atom is -0.370 e. The lowest BCUT2D eigenvalue weighted by atomic mass is 10.3. The van der Waals surface area contributed by atoms with Gasteiger partial charge < -0.3 is 11.1 Å². The zero-order valence-corrected chi connectivity index (χ0v) is 7.75. The summed E-state index contributed by atoms with van der Waals surface area (Å²) in [5.41, 5.74) is 4.96. The summed E-state index contributed by atoms with van der Waals surface area (Å²) in [5, 5.41) is 3.21. The molecular formula is C7H16N2OS. The first-order valence-corrected chi connectivity index (χ1v) is 5.14. The molecule has 0 aliphatic carbocycles. The van der Waals surface area contributed by atoms with Crippen LogP contribution < -0.4 is 11.1 Å². The van der Waals surface area contributed by atoms with Crippen LogP contribution in [0.4, 0.5) is 0 Å². The van der Waals surface area contributed by atoms with Gasteiger partial charge in [-0.2, -0.15) is 11.8 Å². The second-order valence-electron chi connectivity index (χ2n) is 2.31. The second-order valence-corrected chi connectivity index (χ2v) is 3.30. The number of carbonyl (C=O) groups excluding carboxylic acids is 1. The van der Waals surface area contributed by atoms with Crippen molar-refractivity contribution in [3.05, 3.63) is 0 Å². The van der Waals surface area contributed by atoms with Gasteiger partial charge in [-0.3, -0.25) is 4.79 Å². The van der Waals surface area contributed by atoms with Crippen LogP contribution in [0.25, 0.3) is 0 Å². The third-order valence-corrected chi connectivity index (χ3v) is 1.87. The average Bonchev–Trinajstić information content (AvgIpc) is 1.96. The zero-order valence-electron chi connectivity index (χ0n) is 6.93. The Morgan fingerprint density at radius 3 is 2.82 bits per heavy atom. The lowest BCUT2D eigenvalue weighted by Gasteiger charge is -2.00. The van der Waals surface area contributed by atoms with Gasteiger partial charge in [-0.25, -0.2) is 0 Å². The molecule has 0 unspecified atom stereocenters. The van der Waals surface area contributed by atoms with E-state index in [0.29, 0.717) is 6.42 Å². The van der Waals surface area contributed by atoms with Gasteiger partial charge in [-0.15, -0.1) is 0 Å². The summed E-state index contributed by atoms with van der Waals surface area (Å²) in [6.07, 6.45) is 3.42. The van der Waals surface area contributed by atoms with Crippen molar-refractivity contribution < 1.29 is 4.79 Å². The minimum atomic E-state index is -0.211. The van der Waals surface area contributed by atoms with E-state index in [1.807, 2.05) is 11.8 Å². The van der Waals surface area contributed by atoms with Crippen LogP contribution in [0, 0.1) is 0 Å². The van der Waals surface area contributed by atoms with Crippen LogP contribution >= 0.6 is 11.8 Å². The molecule has 0 radical (unpaired) electrons. The van der Waals surface area contributed by atoms with Crippen molar-refractivity contribution in [1.29, 1.82) is 0 Å². The molecule has 3 nitrogen and oxygen atoms in total. The largest absolute Gasteiger partial charge is 0.370 e. The first kappa shape index (κ1) is 10.8. The minimum absolute atomic E-state index is 0.211. The second kappa shape index (κ2) is 7.88. The summed E-state index contributed by atoms with van der Waals surface area (Å²) >= 11 is 1.81. The first-order valence-electron chi connectivity index (χ1n) is 3.75. The number of hydrogen-bond acceptors (Lipinski definition) is 3. The summed E-state index contributed by atoms with van der Waals surface area (Å²) in [7, 11) is 0. The molecule has 0 spiro atoms. The number of primary amides is 1. The fourth-order valence-corrected chi connectivity index (χ4v) is 1.04. The van der Waals surface area contributed by atoms with Crippen molar-refractivity contribution in [3.63, 3.8) is 0 Å². The molecule has 0 bridgehead atoms. The van der Waals surface area contributed by atoms with E-state index in [2.05, 4.69) is 11.6 Å². The van der Waals surface area contributed by atoms with E-state index in [1.54, 1.807) is 0 Å². The summed E-state index contributed by atoms with van der Waals surface area (Å²) in [6, 6.07) is 0. The highest BCUT2D eigenvalue weighted by atomic mass is 32.2. The van der Waals surface area contributed by atoms with E-state index in [9.17, 15) is 4.79 Å². The Kier molecular flexibility index (Phi) is 7.72. The average molecular weight is 176 g/mol. The maximum Gasteiger partial charge on any atom is 0.217 e. The molecule has 4 heteroatoms. The predicted molar refractivity (Wildman–Crippen MR) is 49.7 cm³/mol. The van der Waals surface area contributed by atoms with E-state index in [1.165, 1.54) is 0 Å². The van der Waals surface area contributed by atoms with Crippen molar-refractivity contribution in [2.75, 3.05) is 25.1 Å². The Morgan fingerprint density at radius 2 is 2.27 bits per heavy atom. The van der Waals surface area contributed by atoms with Crippen LogP contribution in [-0.2, 0) is 4.79 Å². The van der Waals surface area contributed by atoms with E-state index in [-0.39, 0.29) is 5.91 Å². The van der Waals surface area contributed by atoms with Crippen LogP contribution in [0.1, 0.15) is 12.8 Å². The number of hydrogen-bond donors (Lipinski definition) is 2. The Balaban J connectivity index is 2.85. The molecular weight excluding hydrogens is 160 g/mol.